The van der Waals surface area contributed by atoms with Crippen LogP contribution in [0.2, 0.25) is 0 Å². The fraction of sp³-hybridized carbons (Fsp3) is 0.350. The Kier molecular flexibility index (Phi) is 5.16. The number of amides is 1. The number of hydrogen-bond donors (Lipinski definition) is 1. The van der Waals surface area contributed by atoms with Gasteiger partial charge < -0.3 is 10.5 Å². The number of thiophene rings is 1. The van der Waals surface area contributed by atoms with Crippen LogP contribution in [0.3, 0.4) is 0 Å². The van der Waals surface area contributed by atoms with Crippen LogP contribution in [0, 0.1) is 0 Å². The number of hydrogen-bond acceptors (Lipinski definition) is 6. The third-order valence-corrected chi connectivity index (χ3v) is 7.05. The topological polar surface area (TPSA) is 87.2 Å². The second kappa shape index (κ2) is 7.60. The Bertz CT molecular complexity index is 1100. The van der Waals surface area contributed by atoms with Gasteiger partial charge in [-0.1, -0.05) is 11.8 Å². The van der Waals surface area contributed by atoms with Crippen LogP contribution < -0.4 is 16.0 Å². The van der Waals surface area contributed by atoms with E-state index in [1.54, 1.807) is 22.8 Å². The van der Waals surface area contributed by atoms with Crippen LogP contribution >= 0.6 is 23.1 Å². The first-order valence-corrected chi connectivity index (χ1v) is 11.0. The third kappa shape index (κ3) is 3.31. The van der Waals surface area contributed by atoms with Crippen molar-refractivity contribution in [2.45, 2.75) is 43.5 Å². The quantitative estimate of drug-likeness (QED) is 0.493. The van der Waals surface area contributed by atoms with Gasteiger partial charge in [0.15, 0.2) is 5.16 Å². The summed E-state index contributed by atoms with van der Waals surface area (Å²) in [7, 11) is 0. The van der Waals surface area contributed by atoms with E-state index in [4.69, 9.17) is 15.5 Å². The summed E-state index contributed by atoms with van der Waals surface area (Å²) in [6.07, 6.45) is 2.99. The maximum Gasteiger partial charge on any atom is 0.267 e. The number of nitrogens with two attached hydrogens (primary N) is 1. The lowest BCUT2D eigenvalue weighted by Gasteiger charge is -2.15. The Morgan fingerprint density at radius 1 is 1.36 bits per heavy atom. The zero-order valence-electron chi connectivity index (χ0n) is 15.7. The van der Waals surface area contributed by atoms with Crippen molar-refractivity contribution in [3.8, 4) is 11.4 Å². The molecule has 1 amide bonds. The number of benzene rings is 1. The lowest BCUT2D eigenvalue weighted by molar-refractivity contribution is -0.117. The van der Waals surface area contributed by atoms with E-state index in [0.29, 0.717) is 22.8 Å². The fourth-order valence-corrected chi connectivity index (χ4v) is 5.59. The molecular weight excluding hydrogens is 394 g/mol. The summed E-state index contributed by atoms with van der Waals surface area (Å²) in [6.45, 7) is 4.22. The SMILES string of the molecule is CCOc1ccc(-n2c(S[C@@H](C)C(N)=O)nc3sc4c(c3c2=O)CCC4)cc1. The monoisotopic (exact) mass is 415 g/mol. The molecule has 0 fully saturated rings. The molecule has 4 rings (SSSR count). The Morgan fingerprint density at radius 2 is 2.11 bits per heavy atom. The first-order valence-electron chi connectivity index (χ1n) is 9.26. The molecule has 2 heterocycles. The number of ether oxygens (including phenoxy) is 1. The number of aryl methyl sites for hydroxylation is 2. The smallest absolute Gasteiger partial charge is 0.267 e. The molecule has 6 nitrogen and oxygen atoms in total. The molecule has 0 aliphatic heterocycles. The van der Waals surface area contributed by atoms with Crippen LogP contribution in [0.4, 0.5) is 0 Å². The fourth-order valence-electron chi connectivity index (χ4n) is 3.41. The van der Waals surface area contributed by atoms with E-state index >= 15 is 0 Å². The van der Waals surface area contributed by atoms with Crippen LogP contribution in [0.25, 0.3) is 15.9 Å². The number of carbonyl (C=O) groups excluding carboxylic acids is 1. The van der Waals surface area contributed by atoms with Crippen LogP contribution in [-0.2, 0) is 17.6 Å². The Hall–Kier alpha value is -2.32. The highest BCUT2D eigenvalue weighted by Crippen LogP contribution is 2.36. The van der Waals surface area contributed by atoms with Crippen molar-refractivity contribution in [1.29, 1.82) is 0 Å². The summed E-state index contributed by atoms with van der Waals surface area (Å²) in [4.78, 5) is 31.9. The van der Waals surface area contributed by atoms with Gasteiger partial charge in [0.25, 0.3) is 5.56 Å². The van der Waals surface area contributed by atoms with E-state index in [9.17, 15) is 9.59 Å². The van der Waals surface area contributed by atoms with Gasteiger partial charge in [-0.25, -0.2) is 4.98 Å². The Morgan fingerprint density at radius 3 is 2.79 bits per heavy atom. The summed E-state index contributed by atoms with van der Waals surface area (Å²) in [5, 5.41) is 0.695. The van der Waals surface area contributed by atoms with Crippen molar-refractivity contribution in [3.05, 3.63) is 45.1 Å². The summed E-state index contributed by atoms with van der Waals surface area (Å²) < 4.78 is 7.09. The van der Waals surface area contributed by atoms with E-state index in [2.05, 4.69) is 0 Å². The number of nitrogens with zero attached hydrogens (tertiary/aromatic N) is 2. The maximum atomic E-state index is 13.5. The van der Waals surface area contributed by atoms with Gasteiger partial charge in [0, 0.05) is 4.88 Å². The first-order chi connectivity index (χ1) is 13.5. The number of aromatic nitrogens is 2. The molecule has 1 atom stereocenters. The standard InChI is InChI=1S/C20H21N3O3S2/c1-3-26-13-9-7-12(8-10-13)23-19(25)16-14-5-4-6-15(14)28-18(16)22-20(23)27-11(2)17(21)24/h7-11H,3-6H2,1-2H3,(H2,21,24)/t11-/m0/s1. The Labute approximate surface area is 170 Å². The van der Waals surface area contributed by atoms with E-state index in [-0.39, 0.29) is 5.56 Å². The van der Waals surface area contributed by atoms with Gasteiger partial charge in [0.1, 0.15) is 10.6 Å². The highest BCUT2D eigenvalue weighted by molar-refractivity contribution is 8.00. The van der Waals surface area contributed by atoms with E-state index < -0.39 is 11.2 Å². The largest absolute Gasteiger partial charge is 0.494 e. The molecule has 0 spiro atoms. The average molecular weight is 416 g/mol. The van der Waals surface area contributed by atoms with Crippen LogP contribution in [-0.4, -0.2) is 27.3 Å². The van der Waals surface area contributed by atoms with Crippen molar-refractivity contribution < 1.29 is 9.53 Å². The zero-order valence-corrected chi connectivity index (χ0v) is 17.4. The van der Waals surface area contributed by atoms with Crippen molar-refractivity contribution in [3.63, 3.8) is 0 Å². The van der Waals surface area contributed by atoms with Crippen molar-refractivity contribution in [1.82, 2.24) is 9.55 Å². The first kappa shape index (κ1) is 19.0. The third-order valence-electron chi connectivity index (χ3n) is 4.80. The summed E-state index contributed by atoms with van der Waals surface area (Å²) in [5.41, 5.74) is 7.19. The van der Waals surface area contributed by atoms with Crippen molar-refractivity contribution in [2.24, 2.45) is 5.73 Å². The van der Waals surface area contributed by atoms with E-state index in [1.807, 2.05) is 31.2 Å². The highest BCUT2D eigenvalue weighted by atomic mass is 32.2. The zero-order chi connectivity index (χ0) is 19.8. The van der Waals surface area contributed by atoms with Crippen LogP contribution in [0.15, 0.2) is 34.2 Å². The number of carbonyl (C=O) groups is 1. The molecule has 1 aliphatic rings. The second-order valence-electron chi connectivity index (χ2n) is 6.66. The van der Waals surface area contributed by atoms with E-state index in [1.165, 1.54) is 16.6 Å². The number of fused-ring (bicyclic) bond motifs is 3. The van der Waals surface area contributed by atoms with Gasteiger partial charge in [0.2, 0.25) is 5.91 Å². The molecule has 0 radical (unpaired) electrons. The molecule has 0 bridgehead atoms. The van der Waals surface area contributed by atoms with Crippen molar-refractivity contribution in [2.75, 3.05) is 6.61 Å². The van der Waals surface area contributed by atoms with Gasteiger partial charge in [-0.2, -0.15) is 0 Å². The number of thioether (sulfide) groups is 1. The number of primary amides is 1. The van der Waals surface area contributed by atoms with Crippen molar-refractivity contribution >= 4 is 39.2 Å². The van der Waals surface area contributed by atoms with Gasteiger partial charge in [-0.3, -0.25) is 14.2 Å². The molecule has 2 N–H and O–H groups in total. The summed E-state index contributed by atoms with van der Waals surface area (Å²) in [6, 6.07) is 7.34. The predicted molar refractivity (Wildman–Crippen MR) is 113 cm³/mol. The molecule has 0 unspecified atom stereocenters. The molecule has 0 saturated carbocycles. The summed E-state index contributed by atoms with van der Waals surface area (Å²) in [5.74, 6) is 0.302. The maximum absolute atomic E-state index is 13.5. The highest BCUT2D eigenvalue weighted by Gasteiger charge is 2.25. The Balaban J connectivity index is 1.91. The minimum atomic E-state index is -0.495. The molecule has 3 aromatic rings. The van der Waals surface area contributed by atoms with Crippen LogP contribution in [0.1, 0.15) is 30.7 Å². The second-order valence-corrected chi connectivity index (χ2v) is 9.05. The molecule has 28 heavy (non-hydrogen) atoms. The van der Waals surface area contributed by atoms with Crippen LogP contribution in [0.5, 0.6) is 5.75 Å². The predicted octanol–water partition coefficient (Wildman–Crippen LogP) is 3.30. The molecular formula is C20H21N3O3S2. The summed E-state index contributed by atoms with van der Waals surface area (Å²) >= 11 is 2.80. The molecule has 1 aliphatic carbocycles. The van der Waals surface area contributed by atoms with E-state index in [0.717, 1.165) is 35.4 Å². The van der Waals surface area contributed by atoms with Gasteiger partial charge in [0.05, 0.1) is 22.9 Å². The average Bonchev–Trinajstić information content (AvgIpc) is 3.23. The van der Waals surface area contributed by atoms with Gasteiger partial charge in [-0.05, 0) is 62.9 Å². The normalized spacial score (nSPS) is 14.2. The minimum Gasteiger partial charge on any atom is -0.494 e. The molecule has 1 aromatic carbocycles. The molecule has 146 valence electrons. The van der Waals surface area contributed by atoms with Gasteiger partial charge >= 0.3 is 0 Å². The lowest BCUT2D eigenvalue weighted by Crippen LogP contribution is -2.26. The lowest BCUT2D eigenvalue weighted by atomic mass is 10.2. The number of rotatable bonds is 6. The van der Waals surface area contributed by atoms with Gasteiger partial charge in [-0.15, -0.1) is 11.3 Å². The molecule has 8 heteroatoms. The molecule has 0 saturated heterocycles. The minimum absolute atomic E-state index is 0.0901. The molecule has 2 aromatic heterocycles.